The number of ether oxygens (including phenoxy) is 2. The predicted octanol–water partition coefficient (Wildman–Crippen LogP) is 2.90. The summed E-state index contributed by atoms with van der Waals surface area (Å²) in [5.74, 6) is 0. The maximum Gasteiger partial charge on any atom is 0.0724 e. The fourth-order valence-corrected chi connectivity index (χ4v) is 3.29. The summed E-state index contributed by atoms with van der Waals surface area (Å²) in [6.45, 7) is 7.80. The Hall–Kier alpha value is -1.36. The third-order valence-electron chi connectivity index (χ3n) is 4.51. The molecule has 0 spiro atoms. The van der Waals surface area contributed by atoms with Gasteiger partial charge in [-0.15, -0.1) is 0 Å². The normalized spacial score (nSPS) is 19.8. The van der Waals surface area contributed by atoms with Crippen LogP contribution in [-0.4, -0.2) is 49.0 Å². The molecule has 0 aliphatic carbocycles. The average Bonchev–Trinajstić information content (AvgIpc) is 2.97. The molecule has 22 heavy (non-hydrogen) atoms. The first-order chi connectivity index (χ1) is 10.8. The Labute approximate surface area is 132 Å². The highest BCUT2D eigenvalue weighted by Crippen LogP contribution is 2.22. The van der Waals surface area contributed by atoms with E-state index in [1.807, 2.05) is 0 Å². The Bertz CT molecular complexity index is 608. The first-order valence-electron chi connectivity index (χ1n) is 8.21. The number of nitrogens with zero attached hydrogens (tertiary/aromatic N) is 2. The Morgan fingerprint density at radius 2 is 2.23 bits per heavy atom. The van der Waals surface area contributed by atoms with E-state index in [1.54, 1.807) is 7.11 Å². The number of aryl methyl sites for hydroxylation is 1. The topological polar surface area (TPSA) is 26.6 Å². The molecular formula is C18H26N2O2. The van der Waals surface area contributed by atoms with E-state index in [0.717, 1.165) is 45.8 Å². The molecule has 1 aliphatic rings. The minimum atomic E-state index is 0.299. The molecule has 0 bridgehead atoms. The van der Waals surface area contributed by atoms with E-state index in [4.69, 9.17) is 9.47 Å². The zero-order valence-corrected chi connectivity index (χ0v) is 13.6. The molecule has 0 amide bonds. The molecule has 1 unspecified atom stereocenters. The third-order valence-corrected chi connectivity index (χ3v) is 4.51. The van der Waals surface area contributed by atoms with Crippen LogP contribution in [0.5, 0.6) is 0 Å². The summed E-state index contributed by atoms with van der Waals surface area (Å²) >= 11 is 0. The zero-order chi connectivity index (χ0) is 15.4. The standard InChI is InChI=1S/C18H26N2O2/c1-3-20-9-7-17-15(5-4-6-18(17)20)13-19-10-12-22-16(14-19)8-11-21-2/h4-7,9,16H,3,8,10-14H2,1-2H3. The number of methoxy groups -OCH3 is 1. The van der Waals surface area contributed by atoms with E-state index >= 15 is 0 Å². The minimum Gasteiger partial charge on any atom is -0.385 e. The van der Waals surface area contributed by atoms with Gasteiger partial charge in [0, 0.05) is 57.0 Å². The third kappa shape index (κ3) is 3.35. The minimum absolute atomic E-state index is 0.299. The van der Waals surface area contributed by atoms with Gasteiger partial charge in [0.2, 0.25) is 0 Å². The molecule has 1 aromatic heterocycles. The number of fused-ring (bicyclic) bond motifs is 1. The molecule has 0 saturated carbocycles. The SMILES string of the molecule is CCn1ccc2c(CN3CCOC(CCOC)C3)cccc21. The summed E-state index contributed by atoms with van der Waals surface area (Å²) in [7, 11) is 1.75. The molecule has 0 N–H and O–H groups in total. The van der Waals surface area contributed by atoms with Crippen LogP contribution in [0, 0.1) is 0 Å². The van der Waals surface area contributed by atoms with E-state index in [0.29, 0.717) is 6.10 Å². The molecular weight excluding hydrogens is 276 g/mol. The predicted molar refractivity (Wildman–Crippen MR) is 89.1 cm³/mol. The van der Waals surface area contributed by atoms with Gasteiger partial charge in [0.15, 0.2) is 0 Å². The highest BCUT2D eigenvalue weighted by atomic mass is 16.5. The molecule has 1 saturated heterocycles. The fraction of sp³-hybridized carbons (Fsp3) is 0.556. The van der Waals surface area contributed by atoms with E-state index < -0.39 is 0 Å². The van der Waals surface area contributed by atoms with Gasteiger partial charge in [-0.1, -0.05) is 12.1 Å². The molecule has 4 nitrogen and oxygen atoms in total. The van der Waals surface area contributed by atoms with Crippen LogP contribution >= 0.6 is 0 Å². The average molecular weight is 302 g/mol. The highest BCUT2D eigenvalue weighted by Gasteiger charge is 2.20. The Kier molecular flexibility index (Phi) is 5.13. The van der Waals surface area contributed by atoms with Crippen molar-refractivity contribution in [3.63, 3.8) is 0 Å². The largest absolute Gasteiger partial charge is 0.385 e. The van der Waals surface area contributed by atoms with E-state index in [-0.39, 0.29) is 0 Å². The molecule has 0 radical (unpaired) electrons. The van der Waals surface area contributed by atoms with Crippen LogP contribution in [0.15, 0.2) is 30.5 Å². The van der Waals surface area contributed by atoms with E-state index in [2.05, 4.69) is 46.9 Å². The lowest BCUT2D eigenvalue weighted by Crippen LogP contribution is -2.42. The van der Waals surface area contributed by atoms with Crippen molar-refractivity contribution in [2.24, 2.45) is 0 Å². The quantitative estimate of drug-likeness (QED) is 0.821. The monoisotopic (exact) mass is 302 g/mol. The van der Waals surface area contributed by atoms with Crippen molar-refractivity contribution >= 4 is 10.9 Å². The number of hydrogen-bond acceptors (Lipinski definition) is 3. The second-order valence-corrected chi connectivity index (χ2v) is 5.96. The maximum atomic E-state index is 5.83. The molecule has 1 fully saturated rings. The summed E-state index contributed by atoms with van der Waals surface area (Å²) in [5, 5.41) is 1.38. The number of benzene rings is 1. The fourth-order valence-electron chi connectivity index (χ4n) is 3.29. The van der Waals surface area contributed by atoms with Crippen LogP contribution in [0.2, 0.25) is 0 Å². The van der Waals surface area contributed by atoms with Crippen molar-refractivity contribution in [3.05, 3.63) is 36.0 Å². The van der Waals surface area contributed by atoms with Gasteiger partial charge in [0.25, 0.3) is 0 Å². The Balaban J connectivity index is 1.71. The zero-order valence-electron chi connectivity index (χ0n) is 13.6. The molecule has 120 valence electrons. The second-order valence-electron chi connectivity index (χ2n) is 5.96. The maximum absolute atomic E-state index is 5.83. The summed E-state index contributed by atoms with van der Waals surface area (Å²) in [6.07, 6.45) is 3.46. The lowest BCUT2D eigenvalue weighted by molar-refractivity contribution is -0.0431. The van der Waals surface area contributed by atoms with Gasteiger partial charge < -0.3 is 14.0 Å². The van der Waals surface area contributed by atoms with Crippen LogP contribution in [-0.2, 0) is 22.6 Å². The lowest BCUT2D eigenvalue weighted by Gasteiger charge is -2.33. The van der Waals surface area contributed by atoms with Crippen molar-refractivity contribution in [2.75, 3.05) is 33.4 Å². The molecule has 1 aromatic carbocycles. The van der Waals surface area contributed by atoms with Crippen LogP contribution < -0.4 is 0 Å². The van der Waals surface area contributed by atoms with E-state index in [9.17, 15) is 0 Å². The first-order valence-corrected chi connectivity index (χ1v) is 8.21. The van der Waals surface area contributed by atoms with Gasteiger partial charge in [-0.25, -0.2) is 0 Å². The summed E-state index contributed by atoms with van der Waals surface area (Å²) in [4.78, 5) is 2.50. The number of rotatable bonds is 6. The highest BCUT2D eigenvalue weighted by molar-refractivity contribution is 5.83. The molecule has 4 heteroatoms. The van der Waals surface area contributed by atoms with Crippen molar-refractivity contribution in [2.45, 2.75) is 32.5 Å². The van der Waals surface area contributed by atoms with Gasteiger partial charge in [-0.2, -0.15) is 0 Å². The van der Waals surface area contributed by atoms with Crippen molar-refractivity contribution in [1.29, 1.82) is 0 Å². The van der Waals surface area contributed by atoms with Gasteiger partial charge in [0.05, 0.1) is 12.7 Å². The summed E-state index contributed by atoms with van der Waals surface area (Å²) < 4.78 is 13.3. The molecule has 1 atom stereocenters. The molecule has 1 aliphatic heterocycles. The number of morpholine rings is 1. The molecule has 2 heterocycles. The summed E-state index contributed by atoms with van der Waals surface area (Å²) in [6, 6.07) is 8.88. The lowest BCUT2D eigenvalue weighted by atomic mass is 10.1. The first kappa shape index (κ1) is 15.5. The van der Waals surface area contributed by atoms with Crippen LogP contribution in [0.1, 0.15) is 18.9 Å². The molecule has 2 aromatic rings. The van der Waals surface area contributed by atoms with Gasteiger partial charge in [0.1, 0.15) is 0 Å². The van der Waals surface area contributed by atoms with Crippen molar-refractivity contribution < 1.29 is 9.47 Å². The van der Waals surface area contributed by atoms with Crippen molar-refractivity contribution in [1.82, 2.24) is 9.47 Å². The van der Waals surface area contributed by atoms with Crippen molar-refractivity contribution in [3.8, 4) is 0 Å². The Morgan fingerprint density at radius 3 is 3.05 bits per heavy atom. The number of hydrogen-bond donors (Lipinski definition) is 0. The smallest absolute Gasteiger partial charge is 0.0724 e. The van der Waals surface area contributed by atoms with E-state index in [1.165, 1.54) is 16.5 Å². The Morgan fingerprint density at radius 1 is 1.32 bits per heavy atom. The van der Waals surface area contributed by atoms with Gasteiger partial charge in [-0.05, 0) is 31.0 Å². The van der Waals surface area contributed by atoms with Gasteiger partial charge >= 0.3 is 0 Å². The summed E-state index contributed by atoms with van der Waals surface area (Å²) in [5.41, 5.74) is 2.75. The van der Waals surface area contributed by atoms with Crippen LogP contribution in [0.25, 0.3) is 10.9 Å². The number of aromatic nitrogens is 1. The van der Waals surface area contributed by atoms with Crippen LogP contribution in [0.4, 0.5) is 0 Å². The van der Waals surface area contributed by atoms with Gasteiger partial charge in [-0.3, -0.25) is 4.90 Å². The second kappa shape index (κ2) is 7.27. The van der Waals surface area contributed by atoms with Crippen LogP contribution in [0.3, 0.4) is 0 Å². The molecule has 3 rings (SSSR count).